The van der Waals surface area contributed by atoms with E-state index in [1.54, 1.807) is 28.9 Å². The van der Waals surface area contributed by atoms with Gasteiger partial charge < -0.3 is 15.2 Å². The molecule has 3 heterocycles. The van der Waals surface area contributed by atoms with E-state index >= 15 is 0 Å². The lowest BCUT2D eigenvalue weighted by molar-refractivity contribution is -0.141. The molecule has 27 heavy (non-hydrogen) atoms. The first kappa shape index (κ1) is 17.3. The summed E-state index contributed by atoms with van der Waals surface area (Å²) in [7, 11) is 1.64. The van der Waals surface area contributed by atoms with E-state index in [2.05, 4.69) is 30.7 Å². The van der Waals surface area contributed by atoms with E-state index in [0.29, 0.717) is 43.1 Å². The number of hydrogen-bond donors (Lipinski definition) is 2. The Bertz CT molecular complexity index is 952. The molecule has 1 aliphatic carbocycles. The Morgan fingerprint density at radius 1 is 1.41 bits per heavy atom. The maximum Gasteiger partial charge on any atom is 0.306 e. The van der Waals surface area contributed by atoms with Gasteiger partial charge in [-0.3, -0.25) is 9.48 Å². The standard InChI is InChI=1S/C16H20N8O3/c1-27-5-4-23-9-12(7-18-23)24-14-13(21-22-24)8-17-16(20-14)19-11-3-2-10(6-11)15(25)26/h7-11H,2-6H2,1H3,(H,25,26)(H,17,19,20)/t10-,11-/m1/s1. The minimum absolute atomic E-state index is 0.0460. The minimum atomic E-state index is -0.747. The Morgan fingerprint density at radius 2 is 2.30 bits per heavy atom. The smallest absolute Gasteiger partial charge is 0.306 e. The molecule has 0 amide bonds. The van der Waals surface area contributed by atoms with Crippen molar-refractivity contribution < 1.29 is 14.6 Å². The molecule has 142 valence electrons. The van der Waals surface area contributed by atoms with Crippen molar-refractivity contribution in [2.24, 2.45) is 5.92 Å². The number of carboxylic acid groups (broad SMARTS) is 1. The van der Waals surface area contributed by atoms with Crippen molar-refractivity contribution in [2.45, 2.75) is 31.8 Å². The number of ether oxygens (including phenoxy) is 1. The number of methoxy groups -OCH3 is 1. The van der Waals surface area contributed by atoms with Gasteiger partial charge in [-0.05, 0) is 19.3 Å². The van der Waals surface area contributed by atoms with Crippen LogP contribution in [0.5, 0.6) is 0 Å². The molecule has 3 aromatic rings. The first-order valence-electron chi connectivity index (χ1n) is 8.73. The van der Waals surface area contributed by atoms with Gasteiger partial charge in [0.15, 0.2) is 11.2 Å². The van der Waals surface area contributed by atoms with Crippen LogP contribution in [0.2, 0.25) is 0 Å². The molecule has 2 atom stereocenters. The molecule has 0 unspecified atom stereocenters. The van der Waals surface area contributed by atoms with Gasteiger partial charge in [0.2, 0.25) is 5.95 Å². The number of nitrogens with one attached hydrogen (secondary N) is 1. The van der Waals surface area contributed by atoms with Crippen LogP contribution in [-0.4, -0.2) is 65.6 Å². The highest BCUT2D eigenvalue weighted by Crippen LogP contribution is 2.27. The first-order chi connectivity index (χ1) is 13.1. The number of fused-ring (bicyclic) bond motifs is 1. The predicted octanol–water partition coefficient (Wildman–Crippen LogP) is 0.719. The lowest BCUT2D eigenvalue weighted by Gasteiger charge is -2.11. The van der Waals surface area contributed by atoms with E-state index in [1.165, 1.54) is 0 Å². The van der Waals surface area contributed by atoms with Gasteiger partial charge in [-0.1, -0.05) is 5.21 Å². The van der Waals surface area contributed by atoms with Gasteiger partial charge in [0, 0.05) is 13.2 Å². The third-order valence-electron chi connectivity index (χ3n) is 4.70. The zero-order valence-corrected chi connectivity index (χ0v) is 14.8. The van der Waals surface area contributed by atoms with E-state index in [9.17, 15) is 4.79 Å². The first-order valence-corrected chi connectivity index (χ1v) is 8.73. The Kier molecular flexibility index (Phi) is 4.67. The summed E-state index contributed by atoms with van der Waals surface area (Å²) in [6.45, 7) is 1.20. The molecule has 1 saturated carbocycles. The van der Waals surface area contributed by atoms with E-state index < -0.39 is 5.97 Å². The number of nitrogens with zero attached hydrogens (tertiary/aromatic N) is 7. The van der Waals surface area contributed by atoms with Gasteiger partial charge >= 0.3 is 5.97 Å². The molecule has 0 spiro atoms. The number of hydrogen-bond acceptors (Lipinski definition) is 8. The molecule has 0 radical (unpaired) electrons. The number of rotatable bonds is 7. The quantitative estimate of drug-likeness (QED) is 0.615. The molecule has 0 aromatic carbocycles. The van der Waals surface area contributed by atoms with Crippen LogP contribution < -0.4 is 5.32 Å². The number of carboxylic acids is 1. The molecular weight excluding hydrogens is 352 g/mol. The minimum Gasteiger partial charge on any atom is -0.481 e. The third-order valence-corrected chi connectivity index (χ3v) is 4.70. The molecule has 3 aromatic heterocycles. The van der Waals surface area contributed by atoms with Gasteiger partial charge in [0.05, 0.1) is 37.7 Å². The summed E-state index contributed by atoms with van der Waals surface area (Å²) in [5.74, 6) is -0.617. The second kappa shape index (κ2) is 7.27. The number of anilines is 1. The van der Waals surface area contributed by atoms with E-state index in [1.807, 2.05) is 6.20 Å². The highest BCUT2D eigenvalue weighted by Gasteiger charge is 2.30. The highest BCUT2D eigenvalue weighted by atomic mass is 16.5. The van der Waals surface area contributed by atoms with Crippen LogP contribution in [0.4, 0.5) is 5.95 Å². The molecule has 11 nitrogen and oxygen atoms in total. The maximum atomic E-state index is 11.1. The summed E-state index contributed by atoms with van der Waals surface area (Å²) in [5.41, 5.74) is 1.87. The van der Waals surface area contributed by atoms with Crippen molar-refractivity contribution in [3.8, 4) is 5.69 Å². The lowest BCUT2D eigenvalue weighted by atomic mass is 10.1. The van der Waals surface area contributed by atoms with Crippen LogP contribution in [0.15, 0.2) is 18.6 Å². The number of carbonyl (C=O) groups is 1. The molecule has 1 aliphatic rings. The fourth-order valence-corrected chi connectivity index (χ4v) is 3.26. The van der Waals surface area contributed by atoms with E-state index in [4.69, 9.17) is 9.84 Å². The molecule has 1 fully saturated rings. The molecule has 0 bridgehead atoms. The lowest BCUT2D eigenvalue weighted by Crippen LogP contribution is -2.19. The van der Waals surface area contributed by atoms with Crippen molar-refractivity contribution in [1.82, 2.24) is 34.7 Å². The molecular formula is C16H20N8O3. The summed E-state index contributed by atoms with van der Waals surface area (Å²) in [6, 6.07) is 0.0460. The van der Waals surface area contributed by atoms with Crippen molar-refractivity contribution in [3.05, 3.63) is 18.6 Å². The summed E-state index contributed by atoms with van der Waals surface area (Å²) in [4.78, 5) is 19.9. The van der Waals surface area contributed by atoms with Crippen molar-refractivity contribution >= 4 is 23.1 Å². The monoisotopic (exact) mass is 372 g/mol. The molecule has 4 rings (SSSR count). The summed E-state index contributed by atoms with van der Waals surface area (Å²) in [5, 5.41) is 24.9. The molecule has 0 aliphatic heterocycles. The van der Waals surface area contributed by atoms with Gasteiger partial charge in [0.25, 0.3) is 0 Å². The predicted molar refractivity (Wildman–Crippen MR) is 94.5 cm³/mol. The number of aliphatic carboxylic acids is 1. The third kappa shape index (κ3) is 3.58. The van der Waals surface area contributed by atoms with Crippen LogP contribution in [0.3, 0.4) is 0 Å². The van der Waals surface area contributed by atoms with Crippen LogP contribution in [0.25, 0.3) is 16.9 Å². The van der Waals surface area contributed by atoms with Gasteiger partial charge in [-0.2, -0.15) is 14.8 Å². The second-order valence-electron chi connectivity index (χ2n) is 6.55. The average Bonchev–Trinajstić information content (AvgIpc) is 3.39. The van der Waals surface area contributed by atoms with Crippen molar-refractivity contribution in [1.29, 1.82) is 0 Å². The van der Waals surface area contributed by atoms with Crippen LogP contribution in [0.1, 0.15) is 19.3 Å². The SMILES string of the molecule is COCCn1cc(-n2nnc3cnc(N[C@@H]4CC[C@@H](C(=O)O)C4)nc32)cn1. The van der Waals surface area contributed by atoms with Gasteiger partial charge in [-0.25, -0.2) is 4.98 Å². The van der Waals surface area contributed by atoms with Crippen LogP contribution in [0, 0.1) is 5.92 Å². The largest absolute Gasteiger partial charge is 0.481 e. The summed E-state index contributed by atoms with van der Waals surface area (Å²) >= 11 is 0. The zero-order valence-electron chi connectivity index (χ0n) is 14.8. The Hall–Kier alpha value is -3.08. The fourth-order valence-electron chi connectivity index (χ4n) is 3.26. The van der Waals surface area contributed by atoms with Crippen molar-refractivity contribution in [2.75, 3.05) is 19.0 Å². The summed E-state index contributed by atoms with van der Waals surface area (Å²) < 4.78 is 8.42. The number of aromatic nitrogens is 7. The normalized spacial score (nSPS) is 19.6. The average molecular weight is 372 g/mol. The Balaban J connectivity index is 1.54. The highest BCUT2D eigenvalue weighted by molar-refractivity contribution is 5.72. The van der Waals surface area contributed by atoms with Crippen LogP contribution in [-0.2, 0) is 16.1 Å². The second-order valence-corrected chi connectivity index (χ2v) is 6.55. The Labute approximate surface area is 154 Å². The zero-order chi connectivity index (χ0) is 18.8. The van der Waals surface area contributed by atoms with Crippen LogP contribution >= 0.6 is 0 Å². The Morgan fingerprint density at radius 3 is 3.07 bits per heavy atom. The molecule has 11 heteroatoms. The topological polar surface area (TPSA) is 133 Å². The van der Waals surface area contributed by atoms with E-state index in [-0.39, 0.29) is 12.0 Å². The maximum absolute atomic E-state index is 11.1. The summed E-state index contributed by atoms with van der Waals surface area (Å²) in [6.07, 6.45) is 7.15. The molecule has 2 N–H and O–H groups in total. The van der Waals surface area contributed by atoms with Crippen molar-refractivity contribution in [3.63, 3.8) is 0 Å². The fraction of sp³-hybridized carbons (Fsp3) is 0.500. The molecule has 0 saturated heterocycles. The van der Waals surface area contributed by atoms with E-state index in [0.717, 1.165) is 12.1 Å². The van der Waals surface area contributed by atoms with Gasteiger partial charge in [-0.15, -0.1) is 5.10 Å². The van der Waals surface area contributed by atoms with Gasteiger partial charge in [0.1, 0.15) is 5.69 Å².